The molecule has 4 N–H and O–H groups in total. The van der Waals surface area contributed by atoms with Gasteiger partial charge in [0.15, 0.2) is 0 Å². The van der Waals surface area contributed by atoms with E-state index < -0.39 is 23.7 Å². The van der Waals surface area contributed by atoms with Crippen LogP contribution in [0.4, 0.5) is 5.00 Å². The van der Waals surface area contributed by atoms with E-state index in [1.807, 2.05) is 30.4 Å². The van der Waals surface area contributed by atoms with Crippen molar-refractivity contribution in [3.8, 4) is 10.4 Å². The fourth-order valence-corrected chi connectivity index (χ4v) is 6.69. The quantitative estimate of drug-likeness (QED) is 0.656. The molecule has 0 unspecified atom stereocenters. The molecule has 1 saturated carbocycles. The SMILES string of the molecule is NC(=O)c1c(NC(=O)[C@@H]2[C@@H](C(=O)O)[C@H]3C=C[C@H]2CC3)sc2c1CCc1ccccc1-2. The molecule has 4 atom stereocenters. The number of anilines is 1. The average molecular weight is 423 g/mol. The fraction of sp³-hybridized carbons (Fsp3) is 0.348. The van der Waals surface area contributed by atoms with Gasteiger partial charge in [-0.15, -0.1) is 11.3 Å². The molecule has 0 aliphatic heterocycles. The van der Waals surface area contributed by atoms with Crippen molar-refractivity contribution in [2.24, 2.45) is 29.4 Å². The van der Waals surface area contributed by atoms with Crippen LogP contribution in [0.3, 0.4) is 0 Å². The summed E-state index contributed by atoms with van der Waals surface area (Å²) >= 11 is 1.36. The number of carboxylic acids is 1. The topological polar surface area (TPSA) is 109 Å². The predicted octanol–water partition coefficient (Wildman–Crippen LogP) is 3.46. The maximum absolute atomic E-state index is 13.3. The van der Waals surface area contributed by atoms with Crippen LogP contribution in [0, 0.1) is 23.7 Å². The number of carboxylic acid groups (broad SMARTS) is 1. The van der Waals surface area contributed by atoms with Crippen molar-refractivity contribution < 1.29 is 19.5 Å². The predicted molar refractivity (Wildman–Crippen MR) is 114 cm³/mol. The normalized spacial score (nSPS) is 26.0. The molecule has 0 radical (unpaired) electrons. The summed E-state index contributed by atoms with van der Waals surface area (Å²) in [5.41, 5.74) is 9.22. The molecule has 1 fully saturated rings. The molecule has 6 nitrogen and oxygen atoms in total. The highest BCUT2D eigenvalue weighted by molar-refractivity contribution is 7.20. The maximum atomic E-state index is 13.3. The van der Waals surface area contributed by atoms with Gasteiger partial charge in [0.25, 0.3) is 5.91 Å². The molecule has 4 aliphatic carbocycles. The van der Waals surface area contributed by atoms with Crippen LogP contribution in [0.2, 0.25) is 0 Å². The molecule has 2 aromatic rings. The van der Waals surface area contributed by atoms with Gasteiger partial charge in [-0.3, -0.25) is 14.4 Å². The third kappa shape index (κ3) is 2.88. The van der Waals surface area contributed by atoms with Crippen molar-refractivity contribution in [3.63, 3.8) is 0 Å². The first-order valence-corrected chi connectivity index (χ1v) is 11.0. The Morgan fingerprint density at radius 2 is 1.73 bits per heavy atom. The van der Waals surface area contributed by atoms with Gasteiger partial charge in [-0.2, -0.15) is 0 Å². The third-order valence-electron chi connectivity index (χ3n) is 6.73. The number of amides is 2. The number of carbonyl (C=O) groups is 3. The summed E-state index contributed by atoms with van der Waals surface area (Å²) < 4.78 is 0. The van der Waals surface area contributed by atoms with Crippen molar-refractivity contribution in [2.75, 3.05) is 5.32 Å². The largest absolute Gasteiger partial charge is 0.481 e. The first-order chi connectivity index (χ1) is 14.5. The minimum Gasteiger partial charge on any atom is -0.481 e. The van der Waals surface area contributed by atoms with Gasteiger partial charge in [0.05, 0.1) is 17.4 Å². The van der Waals surface area contributed by atoms with E-state index in [1.54, 1.807) is 0 Å². The Morgan fingerprint density at radius 1 is 1.03 bits per heavy atom. The number of primary amides is 1. The zero-order valence-corrected chi connectivity index (χ0v) is 17.1. The van der Waals surface area contributed by atoms with E-state index in [0.717, 1.165) is 35.3 Å². The number of thiophene rings is 1. The minimum atomic E-state index is -0.941. The van der Waals surface area contributed by atoms with Crippen LogP contribution in [0.5, 0.6) is 0 Å². The number of rotatable bonds is 4. The van der Waals surface area contributed by atoms with Gasteiger partial charge in [0.2, 0.25) is 5.91 Å². The second-order valence-electron chi connectivity index (χ2n) is 8.30. The molecule has 1 aromatic carbocycles. The summed E-state index contributed by atoms with van der Waals surface area (Å²) in [5, 5.41) is 13.1. The number of hydrogen-bond acceptors (Lipinski definition) is 4. The van der Waals surface area contributed by atoms with E-state index in [4.69, 9.17) is 5.73 Å². The van der Waals surface area contributed by atoms with Gasteiger partial charge in [-0.1, -0.05) is 36.4 Å². The molecule has 154 valence electrons. The number of allylic oxidation sites excluding steroid dienone is 2. The molecular formula is C23H22N2O4S. The first kappa shape index (κ1) is 19.1. The number of fused-ring (bicyclic) bond motifs is 5. The molecule has 4 aliphatic rings. The lowest BCUT2D eigenvalue weighted by Gasteiger charge is -2.41. The molecule has 6 rings (SSSR count). The van der Waals surface area contributed by atoms with Gasteiger partial charge >= 0.3 is 5.97 Å². The summed E-state index contributed by atoms with van der Waals surface area (Å²) in [6.07, 6.45) is 7.00. The number of carbonyl (C=O) groups excluding carboxylic acids is 2. The number of aryl methyl sites for hydroxylation is 1. The number of aliphatic carboxylic acids is 1. The molecule has 30 heavy (non-hydrogen) atoms. The molecular weight excluding hydrogens is 400 g/mol. The summed E-state index contributed by atoms with van der Waals surface area (Å²) in [6, 6.07) is 8.04. The fourth-order valence-electron chi connectivity index (χ4n) is 5.37. The van der Waals surface area contributed by atoms with E-state index in [0.29, 0.717) is 17.0 Å². The summed E-state index contributed by atoms with van der Waals surface area (Å²) in [6.45, 7) is 0. The Morgan fingerprint density at radius 3 is 2.40 bits per heavy atom. The molecule has 7 heteroatoms. The molecule has 0 spiro atoms. The van der Waals surface area contributed by atoms with Gasteiger partial charge in [0, 0.05) is 4.88 Å². The zero-order chi connectivity index (χ0) is 21.0. The average Bonchev–Trinajstić information content (AvgIpc) is 3.12. The van der Waals surface area contributed by atoms with E-state index in [1.165, 1.54) is 16.9 Å². The monoisotopic (exact) mass is 422 g/mol. The number of benzene rings is 1. The lowest BCUT2D eigenvalue weighted by atomic mass is 9.62. The highest BCUT2D eigenvalue weighted by atomic mass is 32.1. The maximum Gasteiger partial charge on any atom is 0.307 e. The van der Waals surface area contributed by atoms with Crippen molar-refractivity contribution in [3.05, 3.63) is 53.1 Å². The molecule has 2 amide bonds. The highest BCUT2D eigenvalue weighted by Gasteiger charge is 2.48. The Bertz CT molecular complexity index is 1100. The standard InChI is InChI=1S/C23H22N2O4S/c24-20(26)18-15-10-9-11-3-1-2-4-14(11)19(15)30-22(18)25-21(27)16-12-5-7-13(8-6-12)17(16)23(28)29/h1-5,7,12-13,16-17H,6,8-10H2,(H2,24,26)(H,25,27)(H,28,29)/t12-,13-,16-,17-/m0/s1. The van der Waals surface area contributed by atoms with Crippen LogP contribution in [0.1, 0.15) is 34.3 Å². The van der Waals surface area contributed by atoms with Crippen molar-refractivity contribution in [1.29, 1.82) is 0 Å². The second kappa shape index (κ2) is 7.09. The van der Waals surface area contributed by atoms with Gasteiger partial charge in [-0.25, -0.2) is 0 Å². The van der Waals surface area contributed by atoms with E-state index in [9.17, 15) is 19.5 Å². The minimum absolute atomic E-state index is 0.0940. The zero-order valence-electron chi connectivity index (χ0n) is 16.3. The summed E-state index contributed by atoms with van der Waals surface area (Å²) in [5.74, 6) is -3.44. The Kier molecular flexibility index (Phi) is 4.50. The Hall–Kier alpha value is -2.93. The molecule has 1 heterocycles. The summed E-state index contributed by atoms with van der Waals surface area (Å²) in [4.78, 5) is 38.4. The lowest BCUT2D eigenvalue weighted by Crippen LogP contribution is -2.47. The van der Waals surface area contributed by atoms with E-state index in [2.05, 4.69) is 11.4 Å². The van der Waals surface area contributed by atoms with E-state index in [-0.39, 0.29) is 17.7 Å². The van der Waals surface area contributed by atoms with Crippen LogP contribution in [-0.4, -0.2) is 22.9 Å². The van der Waals surface area contributed by atoms with Crippen molar-refractivity contribution >= 4 is 34.1 Å². The third-order valence-corrected chi connectivity index (χ3v) is 7.91. The number of nitrogens with one attached hydrogen (secondary N) is 1. The first-order valence-electron chi connectivity index (χ1n) is 10.2. The molecule has 1 aromatic heterocycles. The second-order valence-corrected chi connectivity index (χ2v) is 9.32. The molecule has 0 saturated heterocycles. The van der Waals surface area contributed by atoms with Crippen molar-refractivity contribution in [2.45, 2.75) is 25.7 Å². The van der Waals surface area contributed by atoms with Gasteiger partial charge in [-0.05, 0) is 54.2 Å². The molecule has 2 bridgehead atoms. The number of hydrogen-bond donors (Lipinski definition) is 3. The van der Waals surface area contributed by atoms with Crippen LogP contribution < -0.4 is 11.1 Å². The Balaban J connectivity index is 1.52. The Labute approximate surface area is 177 Å². The van der Waals surface area contributed by atoms with Crippen LogP contribution in [0.15, 0.2) is 36.4 Å². The number of nitrogens with two attached hydrogens (primary N) is 1. The van der Waals surface area contributed by atoms with Crippen molar-refractivity contribution in [1.82, 2.24) is 0 Å². The lowest BCUT2D eigenvalue weighted by molar-refractivity contribution is -0.151. The summed E-state index contributed by atoms with van der Waals surface area (Å²) in [7, 11) is 0. The highest BCUT2D eigenvalue weighted by Crippen LogP contribution is 2.48. The smallest absolute Gasteiger partial charge is 0.307 e. The van der Waals surface area contributed by atoms with E-state index >= 15 is 0 Å². The van der Waals surface area contributed by atoms with Crippen LogP contribution >= 0.6 is 11.3 Å². The van der Waals surface area contributed by atoms with Crippen LogP contribution in [0.25, 0.3) is 10.4 Å². The van der Waals surface area contributed by atoms with Gasteiger partial charge < -0.3 is 16.2 Å². The van der Waals surface area contributed by atoms with Crippen LogP contribution in [-0.2, 0) is 22.4 Å². The van der Waals surface area contributed by atoms with Gasteiger partial charge in [0.1, 0.15) is 5.00 Å².